The van der Waals surface area contributed by atoms with E-state index >= 15 is 0 Å². The molecule has 0 aliphatic carbocycles. The van der Waals surface area contributed by atoms with Crippen LogP contribution in [0.2, 0.25) is 0 Å². The second-order valence-corrected chi connectivity index (χ2v) is 2.55. The van der Waals surface area contributed by atoms with Gasteiger partial charge in [-0.3, -0.25) is 0 Å². The van der Waals surface area contributed by atoms with Crippen LogP contribution < -0.4 is 10.6 Å². The summed E-state index contributed by atoms with van der Waals surface area (Å²) in [6.07, 6.45) is 3.20. The molecule has 64 valence electrons. The van der Waals surface area contributed by atoms with E-state index in [1.807, 2.05) is 14.0 Å². The largest absolute Gasteiger partial charge is 0.362 e. The number of allylic oxidation sites excluding steroid dienone is 2. The third kappa shape index (κ3) is 5.67. The fourth-order valence-electron chi connectivity index (χ4n) is 0.894. The maximum Gasteiger partial charge on any atom is 0.0348 e. The monoisotopic (exact) mass is 154 g/mol. The number of hydrogen-bond donors (Lipinski definition) is 2. The molecule has 0 aromatic rings. The molecule has 0 atom stereocenters. The Balaban J connectivity index is 3.66. The van der Waals surface area contributed by atoms with E-state index in [9.17, 15) is 0 Å². The van der Waals surface area contributed by atoms with Gasteiger partial charge in [-0.2, -0.15) is 0 Å². The molecule has 0 rings (SSSR count). The SMILES string of the molecule is C=C(CNC)N/C(C)=C\CC. The first-order valence-corrected chi connectivity index (χ1v) is 3.96. The first-order valence-electron chi connectivity index (χ1n) is 3.96. The molecule has 0 fully saturated rings. The van der Waals surface area contributed by atoms with Gasteiger partial charge in [-0.1, -0.05) is 19.6 Å². The highest BCUT2D eigenvalue weighted by atomic mass is 14.9. The fraction of sp³-hybridized carbons (Fsp3) is 0.556. The summed E-state index contributed by atoms with van der Waals surface area (Å²) in [5.74, 6) is 0. The van der Waals surface area contributed by atoms with E-state index in [4.69, 9.17) is 0 Å². The number of hydrogen-bond acceptors (Lipinski definition) is 2. The number of nitrogens with one attached hydrogen (secondary N) is 2. The molecule has 0 saturated heterocycles. The topological polar surface area (TPSA) is 24.1 Å². The van der Waals surface area contributed by atoms with Crippen molar-refractivity contribution in [2.45, 2.75) is 20.3 Å². The molecule has 0 radical (unpaired) electrons. The van der Waals surface area contributed by atoms with Crippen LogP contribution in [0.1, 0.15) is 20.3 Å². The summed E-state index contributed by atoms with van der Waals surface area (Å²) >= 11 is 0. The Morgan fingerprint density at radius 1 is 1.55 bits per heavy atom. The summed E-state index contributed by atoms with van der Waals surface area (Å²) in [6.45, 7) is 8.83. The van der Waals surface area contributed by atoms with E-state index in [2.05, 4.69) is 30.2 Å². The smallest absolute Gasteiger partial charge is 0.0348 e. The van der Waals surface area contributed by atoms with Crippen LogP contribution in [0.3, 0.4) is 0 Å². The molecular weight excluding hydrogens is 136 g/mol. The Morgan fingerprint density at radius 3 is 2.64 bits per heavy atom. The molecule has 0 bridgehead atoms. The highest BCUT2D eigenvalue weighted by molar-refractivity contribution is 5.06. The lowest BCUT2D eigenvalue weighted by Gasteiger charge is -2.08. The minimum atomic E-state index is 0.814. The van der Waals surface area contributed by atoms with Crippen molar-refractivity contribution in [3.05, 3.63) is 24.0 Å². The highest BCUT2D eigenvalue weighted by Crippen LogP contribution is 1.93. The van der Waals surface area contributed by atoms with Gasteiger partial charge in [0.05, 0.1) is 0 Å². The van der Waals surface area contributed by atoms with Crippen molar-refractivity contribution in [2.75, 3.05) is 13.6 Å². The minimum Gasteiger partial charge on any atom is -0.362 e. The van der Waals surface area contributed by atoms with Gasteiger partial charge < -0.3 is 10.6 Å². The molecule has 0 aromatic heterocycles. The summed E-state index contributed by atoms with van der Waals surface area (Å²) in [5.41, 5.74) is 2.18. The quantitative estimate of drug-likeness (QED) is 0.629. The minimum absolute atomic E-state index is 0.814. The van der Waals surface area contributed by atoms with E-state index in [1.165, 1.54) is 5.70 Å². The van der Waals surface area contributed by atoms with Crippen LogP contribution in [-0.2, 0) is 0 Å². The van der Waals surface area contributed by atoms with Crippen molar-refractivity contribution in [3.63, 3.8) is 0 Å². The molecule has 0 unspecified atom stereocenters. The second kappa shape index (κ2) is 5.98. The Labute approximate surface area is 69.4 Å². The summed E-state index contributed by atoms with van der Waals surface area (Å²) in [4.78, 5) is 0. The highest BCUT2D eigenvalue weighted by Gasteiger charge is 1.90. The first-order chi connectivity index (χ1) is 5.20. The number of rotatable bonds is 5. The van der Waals surface area contributed by atoms with Crippen LogP contribution in [0.25, 0.3) is 0 Å². The van der Waals surface area contributed by atoms with E-state index in [1.54, 1.807) is 0 Å². The third-order valence-corrected chi connectivity index (χ3v) is 1.27. The van der Waals surface area contributed by atoms with Crippen molar-refractivity contribution >= 4 is 0 Å². The van der Waals surface area contributed by atoms with Gasteiger partial charge in [0.15, 0.2) is 0 Å². The van der Waals surface area contributed by atoms with Crippen LogP contribution in [0, 0.1) is 0 Å². The third-order valence-electron chi connectivity index (χ3n) is 1.27. The lowest BCUT2D eigenvalue weighted by Crippen LogP contribution is -2.20. The van der Waals surface area contributed by atoms with Gasteiger partial charge in [-0.05, 0) is 20.4 Å². The summed E-state index contributed by atoms with van der Waals surface area (Å²) in [6, 6.07) is 0. The summed E-state index contributed by atoms with van der Waals surface area (Å²) in [5, 5.41) is 6.21. The molecule has 0 aliphatic rings. The van der Waals surface area contributed by atoms with Crippen molar-refractivity contribution in [3.8, 4) is 0 Å². The van der Waals surface area contributed by atoms with Crippen LogP contribution in [0.5, 0.6) is 0 Å². The van der Waals surface area contributed by atoms with Gasteiger partial charge >= 0.3 is 0 Å². The predicted octanol–water partition coefficient (Wildman–Crippen LogP) is 1.62. The van der Waals surface area contributed by atoms with Crippen LogP contribution >= 0.6 is 0 Å². The van der Waals surface area contributed by atoms with E-state index in [0.717, 1.165) is 18.7 Å². The van der Waals surface area contributed by atoms with Crippen LogP contribution in [0.4, 0.5) is 0 Å². The van der Waals surface area contributed by atoms with Gasteiger partial charge in [-0.25, -0.2) is 0 Å². The van der Waals surface area contributed by atoms with E-state index in [0.29, 0.717) is 0 Å². The lowest BCUT2D eigenvalue weighted by atomic mass is 10.3. The Morgan fingerprint density at radius 2 is 2.18 bits per heavy atom. The Kier molecular flexibility index (Phi) is 5.57. The predicted molar refractivity (Wildman–Crippen MR) is 50.3 cm³/mol. The second-order valence-electron chi connectivity index (χ2n) is 2.55. The normalized spacial score (nSPS) is 11.4. The molecular formula is C9H18N2. The van der Waals surface area contributed by atoms with Crippen LogP contribution in [0.15, 0.2) is 24.0 Å². The molecule has 0 heterocycles. The fourth-order valence-corrected chi connectivity index (χ4v) is 0.894. The average Bonchev–Trinajstić information content (AvgIpc) is 1.87. The molecule has 0 aromatic carbocycles. The Bertz CT molecular complexity index is 148. The zero-order valence-electron chi connectivity index (χ0n) is 7.70. The maximum atomic E-state index is 3.85. The van der Waals surface area contributed by atoms with Gasteiger partial charge in [0.25, 0.3) is 0 Å². The maximum absolute atomic E-state index is 3.85. The molecule has 0 saturated carbocycles. The van der Waals surface area contributed by atoms with E-state index < -0.39 is 0 Å². The zero-order valence-corrected chi connectivity index (χ0v) is 7.70. The summed E-state index contributed by atoms with van der Waals surface area (Å²) in [7, 11) is 1.91. The molecule has 11 heavy (non-hydrogen) atoms. The number of likely N-dealkylation sites (N-methyl/N-ethyl adjacent to an activating group) is 1. The lowest BCUT2D eigenvalue weighted by molar-refractivity contribution is 0.809. The standard InChI is InChI=1S/C9H18N2/c1-5-6-8(2)11-9(3)7-10-4/h6,10-11H,3,5,7H2,1-2,4H3/b8-6-. The van der Waals surface area contributed by atoms with Gasteiger partial charge in [0.1, 0.15) is 0 Å². The molecule has 2 N–H and O–H groups in total. The van der Waals surface area contributed by atoms with Gasteiger partial charge in [0, 0.05) is 17.9 Å². The van der Waals surface area contributed by atoms with Crippen molar-refractivity contribution in [1.29, 1.82) is 0 Å². The Hall–Kier alpha value is -0.760. The average molecular weight is 154 g/mol. The molecule has 0 amide bonds. The summed E-state index contributed by atoms with van der Waals surface area (Å²) < 4.78 is 0. The van der Waals surface area contributed by atoms with Crippen LogP contribution in [-0.4, -0.2) is 13.6 Å². The van der Waals surface area contributed by atoms with Gasteiger partial charge in [0.2, 0.25) is 0 Å². The van der Waals surface area contributed by atoms with Crippen molar-refractivity contribution < 1.29 is 0 Å². The van der Waals surface area contributed by atoms with E-state index in [-0.39, 0.29) is 0 Å². The zero-order chi connectivity index (χ0) is 8.69. The molecule has 0 spiro atoms. The molecule has 2 heteroatoms. The van der Waals surface area contributed by atoms with Crippen molar-refractivity contribution in [2.24, 2.45) is 0 Å². The molecule has 2 nitrogen and oxygen atoms in total. The van der Waals surface area contributed by atoms with Crippen molar-refractivity contribution in [1.82, 2.24) is 10.6 Å². The first kappa shape index (κ1) is 10.2. The van der Waals surface area contributed by atoms with Gasteiger partial charge in [-0.15, -0.1) is 0 Å². The molecule has 0 aliphatic heterocycles.